The molecule has 0 saturated carbocycles. The van der Waals surface area contributed by atoms with Crippen molar-refractivity contribution in [2.24, 2.45) is 4.99 Å². The largest absolute Gasteiger partial charge is 0.492 e. The highest BCUT2D eigenvalue weighted by Gasteiger charge is 2.14. The minimum Gasteiger partial charge on any atom is -0.492 e. The van der Waals surface area contributed by atoms with Crippen LogP contribution in [0.4, 0.5) is 0 Å². The lowest BCUT2D eigenvalue weighted by Crippen LogP contribution is -2.40. The molecule has 3 rings (SSSR count). The van der Waals surface area contributed by atoms with E-state index in [4.69, 9.17) is 4.74 Å². The highest BCUT2D eigenvalue weighted by atomic mass is 127. The van der Waals surface area contributed by atoms with Crippen LogP contribution in [0, 0.1) is 6.92 Å². The molecule has 2 N–H and O–H groups in total. The van der Waals surface area contributed by atoms with Crippen molar-refractivity contribution in [3.05, 3.63) is 41.5 Å². The van der Waals surface area contributed by atoms with Gasteiger partial charge in [0.25, 0.3) is 0 Å². The van der Waals surface area contributed by atoms with Crippen molar-refractivity contribution in [2.45, 2.75) is 45.6 Å². The normalized spacial score (nSPS) is 13.9. The van der Waals surface area contributed by atoms with E-state index >= 15 is 0 Å². The Morgan fingerprint density at radius 1 is 1.11 bits per heavy atom. The molecule has 0 fully saturated rings. The number of nitrogens with one attached hydrogen (secondary N) is 2. The second-order valence-electron chi connectivity index (χ2n) is 6.83. The van der Waals surface area contributed by atoms with Crippen LogP contribution in [0.1, 0.15) is 36.5 Å². The second kappa shape index (κ2) is 11.9. The van der Waals surface area contributed by atoms with Crippen molar-refractivity contribution in [3.8, 4) is 5.75 Å². The Hall–Kier alpha value is -1.84. The smallest absolute Gasteiger partial charge is 0.191 e. The number of aryl methyl sites for hydroxylation is 2. The van der Waals surface area contributed by atoms with Crippen LogP contribution in [0.2, 0.25) is 0 Å². The minimum atomic E-state index is 0. The zero-order chi connectivity index (χ0) is 18.9. The number of aliphatic imine (C=N–C) groups is 1. The molecule has 0 spiro atoms. The summed E-state index contributed by atoms with van der Waals surface area (Å²) in [5.74, 6) is 3.87. The van der Waals surface area contributed by atoms with Crippen molar-refractivity contribution in [1.29, 1.82) is 0 Å². The number of rotatable bonds is 7. The summed E-state index contributed by atoms with van der Waals surface area (Å²) in [6, 6.07) is 8.08. The molecule has 1 aromatic heterocycles. The number of halogens is 1. The van der Waals surface area contributed by atoms with Crippen LogP contribution in [0.15, 0.2) is 29.3 Å². The van der Waals surface area contributed by atoms with Crippen molar-refractivity contribution in [3.63, 3.8) is 0 Å². The number of hydrogen-bond acceptors (Lipinski definition) is 4. The molecule has 7 nitrogen and oxygen atoms in total. The second-order valence-corrected chi connectivity index (χ2v) is 6.83. The maximum absolute atomic E-state index is 5.73. The summed E-state index contributed by atoms with van der Waals surface area (Å²) in [4.78, 5) is 4.26. The third kappa shape index (κ3) is 6.65. The monoisotopic (exact) mass is 498 g/mol. The van der Waals surface area contributed by atoms with Crippen LogP contribution in [-0.2, 0) is 19.4 Å². The highest BCUT2D eigenvalue weighted by Crippen LogP contribution is 2.14. The van der Waals surface area contributed by atoms with Gasteiger partial charge in [0.2, 0.25) is 0 Å². The number of ether oxygens (including phenoxy) is 1. The zero-order valence-electron chi connectivity index (χ0n) is 16.8. The average Bonchev–Trinajstić information content (AvgIpc) is 2.91. The first-order valence-electron chi connectivity index (χ1n) is 9.81. The number of guanidine groups is 1. The fraction of sp³-hybridized carbons (Fsp3) is 0.550. The van der Waals surface area contributed by atoms with Gasteiger partial charge in [0.1, 0.15) is 24.0 Å². The molecule has 0 unspecified atom stereocenters. The summed E-state index contributed by atoms with van der Waals surface area (Å²) in [5, 5.41) is 15.3. The van der Waals surface area contributed by atoms with E-state index in [2.05, 4.69) is 49.4 Å². The molecule has 1 aromatic carbocycles. The number of nitrogens with zero attached hydrogens (tertiary/aromatic N) is 4. The molecule has 0 aliphatic carbocycles. The van der Waals surface area contributed by atoms with E-state index in [1.807, 2.05) is 12.1 Å². The van der Waals surface area contributed by atoms with Crippen molar-refractivity contribution < 1.29 is 4.74 Å². The molecule has 0 saturated heterocycles. The Balaban J connectivity index is 0.00000280. The first-order valence-corrected chi connectivity index (χ1v) is 9.81. The molecular formula is C20H31IN6O. The maximum Gasteiger partial charge on any atom is 0.191 e. The van der Waals surface area contributed by atoms with Gasteiger partial charge in [-0.2, -0.15) is 0 Å². The first kappa shape index (κ1) is 22.4. The molecule has 8 heteroatoms. The molecule has 0 atom stereocenters. The summed E-state index contributed by atoms with van der Waals surface area (Å²) >= 11 is 0. The molecule has 28 heavy (non-hydrogen) atoms. The summed E-state index contributed by atoms with van der Waals surface area (Å²) in [7, 11) is 1.78. The van der Waals surface area contributed by atoms with E-state index in [0.717, 1.165) is 49.3 Å². The van der Waals surface area contributed by atoms with Gasteiger partial charge in [0.05, 0.1) is 6.54 Å². The Kier molecular flexibility index (Phi) is 9.52. The van der Waals surface area contributed by atoms with E-state index in [-0.39, 0.29) is 24.0 Å². The number of hydrogen-bond donors (Lipinski definition) is 2. The number of aromatic nitrogens is 3. The molecule has 2 heterocycles. The van der Waals surface area contributed by atoms with Crippen molar-refractivity contribution >= 4 is 29.9 Å². The van der Waals surface area contributed by atoms with E-state index in [1.165, 1.54) is 24.8 Å². The molecule has 0 amide bonds. The van der Waals surface area contributed by atoms with Gasteiger partial charge in [-0.25, -0.2) is 0 Å². The fourth-order valence-corrected chi connectivity index (χ4v) is 3.22. The van der Waals surface area contributed by atoms with Gasteiger partial charge in [-0.1, -0.05) is 24.1 Å². The predicted octanol–water partition coefficient (Wildman–Crippen LogP) is 2.72. The van der Waals surface area contributed by atoms with Gasteiger partial charge >= 0.3 is 0 Å². The van der Waals surface area contributed by atoms with Gasteiger partial charge < -0.3 is 19.9 Å². The molecule has 0 bridgehead atoms. The van der Waals surface area contributed by atoms with Crippen LogP contribution in [0.3, 0.4) is 0 Å². The Morgan fingerprint density at radius 3 is 2.68 bits per heavy atom. The van der Waals surface area contributed by atoms with E-state index < -0.39 is 0 Å². The fourth-order valence-electron chi connectivity index (χ4n) is 3.22. The van der Waals surface area contributed by atoms with Crippen LogP contribution < -0.4 is 15.4 Å². The average molecular weight is 498 g/mol. The predicted molar refractivity (Wildman–Crippen MR) is 123 cm³/mol. The number of benzene rings is 1. The Morgan fingerprint density at radius 2 is 1.89 bits per heavy atom. The van der Waals surface area contributed by atoms with E-state index in [0.29, 0.717) is 13.2 Å². The van der Waals surface area contributed by atoms with E-state index in [9.17, 15) is 0 Å². The summed E-state index contributed by atoms with van der Waals surface area (Å²) < 4.78 is 8.02. The van der Waals surface area contributed by atoms with Crippen LogP contribution in [0.5, 0.6) is 5.75 Å². The van der Waals surface area contributed by atoms with E-state index in [1.54, 1.807) is 7.05 Å². The topological polar surface area (TPSA) is 76.4 Å². The molecular weight excluding hydrogens is 467 g/mol. The molecule has 154 valence electrons. The van der Waals surface area contributed by atoms with Crippen LogP contribution >= 0.6 is 24.0 Å². The Labute approximate surface area is 184 Å². The van der Waals surface area contributed by atoms with Gasteiger partial charge in [0, 0.05) is 33.0 Å². The van der Waals surface area contributed by atoms with Gasteiger partial charge in [-0.05, 0) is 31.9 Å². The van der Waals surface area contributed by atoms with Gasteiger partial charge in [0.15, 0.2) is 5.96 Å². The standard InChI is InChI=1S/C20H30N6O.HI/c1-16-7-9-17(10-8-16)27-15-13-23-20(21-2)22-12-11-19-25-24-18-6-4-3-5-14-26(18)19;/h7-10H,3-6,11-15H2,1-2H3,(H2,21,22,23);1H. The lowest BCUT2D eigenvalue weighted by atomic mass is 10.2. The first-order chi connectivity index (χ1) is 13.3. The zero-order valence-corrected chi connectivity index (χ0v) is 19.1. The lowest BCUT2D eigenvalue weighted by Gasteiger charge is -2.13. The van der Waals surface area contributed by atoms with Crippen molar-refractivity contribution in [2.75, 3.05) is 26.7 Å². The van der Waals surface area contributed by atoms with Crippen molar-refractivity contribution in [1.82, 2.24) is 25.4 Å². The number of fused-ring (bicyclic) bond motifs is 1. The summed E-state index contributed by atoms with van der Waals surface area (Å²) in [5.41, 5.74) is 1.23. The maximum atomic E-state index is 5.73. The lowest BCUT2D eigenvalue weighted by molar-refractivity contribution is 0.322. The SMILES string of the molecule is CN=C(NCCOc1ccc(C)cc1)NCCc1nnc2n1CCCCC2.I. The summed E-state index contributed by atoms with van der Waals surface area (Å²) in [6.07, 6.45) is 5.60. The molecule has 1 aliphatic heterocycles. The Bertz CT molecular complexity index is 744. The van der Waals surface area contributed by atoms with Gasteiger partial charge in [-0.15, -0.1) is 34.2 Å². The minimum absolute atomic E-state index is 0. The van der Waals surface area contributed by atoms with Crippen LogP contribution in [-0.4, -0.2) is 47.5 Å². The summed E-state index contributed by atoms with van der Waals surface area (Å²) in [6.45, 7) is 5.16. The quantitative estimate of drug-likeness (QED) is 0.266. The highest BCUT2D eigenvalue weighted by molar-refractivity contribution is 14.0. The van der Waals surface area contributed by atoms with Gasteiger partial charge in [-0.3, -0.25) is 4.99 Å². The third-order valence-corrected chi connectivity index (χ3v) is 4.73. The molecule has 2 aromatic rings. The van der Waals surface area contributed by atoms with Crippen LogP contribution in [0.25, 0.3) is 0 Å². The molecule has 0 radical (unpaired) electrons. The third-order valence-electron chi connectivity index (χ3n) is 4.73. The molecule has 1 aliphatic rings.